The van der Waals surface area contributed by atoms with Crippen molar-refractivity contribution in [1.29, 1.82) is 0 Å². The van der Waals surface area contributed by atoms with Gasteiger partial charge in [0.1, 0.15) is 37.4 Å². The number of benzene rings is 3. The Bertz CT molecular complexity index is 1920. The van der Waals surface area contributed by atoms with Crippen molar-refractivity contribution in [2.45, 2.75) is 75.9 Å². The van der Waals surface area contributed by atoms with Gasteiger partial charge in [-0.15, -0.1) is 6.58 Å². The van der Waals surface area contributed by atoms with E-state index in [9.17, 15) is 15.0 Å². The van der Waals surface area contributed by atoms with Crippen LogP contribution in [0.3, 0.4) is 0 Å². The summed E-state index contributed by atoms with van der Waals surface area (Å²) in [6.07, 6.45) is 8.55. The molecule has 0 radical (unpaired) electrons. The van der Waals surface area contributed by atoms with Crippen molar-refractivity contribution in [2.75, 3.05) is 66.3 Å². The van der Waals surface area contributed by atoms with Gasteiger partial charge in [0.2, 0.25) is 5.79 Å². The number of hydrogen-bond acceptors (Lipinski definition) is 11. The molecule has 2 aliphatic carbocycles. The van der Waals surface area contributed by atoms with E-state index < -0.39 is 23.8 Å². The van der Waals surface area contributed by atoms with Crippen molar-refractivity contribution in [1.82, 2.24) is 9.80 Å². The highest BCUT2D eigenvalue weighted by atomic mass is 16.7. The lowest BCUT2D eigenvalue weighted by Gasteiger charge is -2.59. The molecule has 7 rings (SSSR count). The number of unbranched alkanes of at least 4 members (excludes halogenated alkanes) is 2. The van der Waals surface area contributed by atoms with Crippen LogP contribution in [0, 0.1) is 17.8 Å². The Balaban J connectivity index is 1.28. The fourth-order valence-electron chi connectivity index (χ4n) is 9.34. The normalized spacial score (nSPS) is 24.5. The number of hydrogen-bond donors (Lipinski definition) is 2. The highest BCUT2D eigenvalue weighted by Crippen LogP contribution is 2.61. The van der Waals surface area contributed by atoms with Crippen molar-refractivity contribution >= 4 is 11.8 Å². The number of ether oxygens (including phenoxy) is 5. The number of aliphatic hydroxyl groups excluding tert-OH is 2. The van der Waals surface area contributed by atoms with E-state index in [0.29, 0.717) is 31.8 Å². The van der Waals surface area contributed by atoms with Gasteiger partial charge in [0.05, 0.1) is 31.5 Å². The fourth-order valence-corrected chi connectivity index (χ4v) is 9.34. The van der Waals surface area contributed by atoms with Gasteiger partial charge >= 0.3 is 6.09 Å². The van der Waals surface area contributed by atoms with Crippen LogP contribution in [0.25, 0.3) is 0 Å². The number of carbonyl (C=O) groups is 1. The van der Waals surface area contributed by atoms with Crippen LogP contribution in [0.1, 0.15) is 67.6 Å². The fraction of sp³-hybridized carbons (Fsp3) is 0.510. The molecule has 0 unspecified atom stereocenters. The lowest BCUT2D eigenvalue weighted by atomic mass is 9.55. The van der Waals surface area contributed by atoms with Crippen LogP contribution >= 0.6 is 0 Å². The molecule has 0 spiro atoms. The Labute approximate surface area is 360 Å². The van der Waals surface area contributed by atoms with Crippen LogP contribution in [-0.2, 0) is 32.3 Å². The van der Waals surface area contributed by atoms with Crippen LogP contribution in [0.4, 0.5) is 4.79 Å². The summed E-state index contributed by atoms with van der Waals surface area (Å²) in [7, 11) is 1.73. The molecule has 12 heteroatoms. The summed E-state index contributed by atoms with van der Waals surface area (Å²) in [4.78, 5) is 24.3. The number of rotatable bonds is 24. The van der Waals surface area contributed by atoms with E-state index in [1.807, 2.05) is 72.8 Å². The van der Waals surface area contributed by atoms with E-state index in [2.05, 4.69) is 23.6 Å². The summed E-state index contributed by atoms with van der Waals surface area (Å²) in [6, 6.07) is 25.2. The molecule has 328 valence electrons. The molecule has 2 N–H and O–H groups in total. The molecule has 4 aliphatic rings. The number of nitrogens with zero attached hydrogens (tertiary/aromatic N) is 3. The smallest absolute Gasteiger partial charge is 0.410 e. The predicted octanol–water partition coefficient (Wildman–Crippen LogP) is 7.50. The second-order valence-corrected chi connectivity index (χ2v) is 16.5. The summed E-state index contributed by atoms with van der Waals surface area (Å²) in [5, 5.41) is 24.7. The number of fused-ring (bicyclic) bond motifs is 2. The molecular weight excluding hydrogens is 775 g/mol. The van der Waals surface area contributed by atoms with Gasteiger partial charge in [-0.3, -0.25) is 4.90 Å². The third-order valence-corrected chi connectivity index (χ3v) is 12.4. The van der Waals surface area contributed by atoms with Gasteiger partial charge in [0.25, 0.3) is 0 Å². The van der Waals surface area contributed by atoms with E-state index in [1.54, 1.807) is 18.0 Å². The van der Waals surface area contributed by atoms with E-state index in [-0.39, 0.29) is 63.8 Å². The molecule has 0 aromatic heterocycles. The van der Waals surface area contributed by atoms with Crippen molar-refractivity contribution in [3.63, 3.8) is 0 Å². The van der Waals surface area contributed by atoms with Crippen LogP contribution in [0.15, 0.2) is 108 Å². The lowest BCUT2D eigenvalue weighted by Crippen LogP contribution is -2.69. The highest BCUT2D eigenvalue weighted by molar-refractivity contribution is 6.02. The number of allylic oxidation sites excluding steroid dienone is 1. The quantitative estimate of drug-likeness (QED) is 0.0405. The molecule has 3 aromatic rings. The Morgan fingerprint density at radius 1 is 0.934 bits per heavy atom. The van der Waals surface area contributed by atoms with Crippen molar-refractivity contribution in [3.8, 4) is 11.5 Å². The van der Waals surface area contributed by atoms with Crippen LogP contribution in [0.2, 0.25) is 0 Å². The number of amides is 1. The first-order valence-electron chi connectivity index (χ1n) is 22.1. The second kappa shape index (κ2) is 21.9. The van der Waals surface area contributed by atoms with Gasteiger partial charge < -0.3 is 43.6 Å². The molecule has 12 nitrogen and oxygen atoms in total. The van der Waals surface area contributed by atoms with Crippen molar-refractivity contribution in [2.24, 2.45) is 22.9 Å². The summed E-state index contributed by atoms with van der Waals surface area (Å²) in [5.41, 5.74) is 4.74. The number of likely N-dealkylation sites (N-methyl/N-ethyl adjacent to an activating group) is 1. The number of aliphatic hydroxyl groups is 2. The largest absolute Gasteiger partial charge is 0.492 e. The lowest BCUT2D eigenvalue weighted by molar-refractivity contribution is -0.253. The summed E-state index contributed by atoms with van der Waals surface area (Å²) < 4.78 is 32.3. The molecule has 61 heavy (non-hydrogen) atoms. The zero-order chi connectivity index (χ0) is 42.4. The maximum atomic E-state index is 14.2. The van der Waals surface area contributed by atoms with Gasteiger partial charge in [-0.1, -0.05) is 90.8 Å². The Hall–Kier alpha value is -4.72. The Kier molecular flexibility index (Phi) is 15.9. The van der Waals surface area contributed by atoms with Crippen LogP contribution in [-0.4, -0.2) is 110 Å². The average molecular weight is 838 g/mol. The number of oxime groups is 1. The minimum atomic E-state index is -1.37. The summed E-state index contributed by atoms with van der Waals surface area (Å²) in [5.74, 6) is -0.290. The molecule has 2 aliphatic heterocycles. The Morgan fingerprint density at radius 2 is 1.66 bits per heavy atom. The summed E-state index contributed by atoms with van der Waals surface area (Å²) in [6.45, 7) is 9.06. The molecule has 3 aromatic carbocycles. The van der Waals surface area contributed by atoms with Crippen LogP contribution in [0.5, 0.6) is 11.5 Å². The topological polar surface area (TPSA) is 132 Å². The van der Waals surface area contributed by atoms with Crippen molar-refractivity contribution < 1.29 is 43.5 Å². The first kappa shape index (κ1) is 44.3. The van der Waals surface area contributed by atoms with Gasteiger partial charge in [-0.2, -0.15) is 0 Å². The average Bonchev–Trinajstić information content (AvgIpc) is 4.12. The van der Waals surface area contributed by atoms with E-state index >= 15 is 0 Å². The van der Waals surface area contributed by atoms with Gasteiger partial charge in [0, 0.05) is 57.8 Å². The van der Waals surface area contributed by atoms with Gasteiger partial charge in [-0.25, -0.2) is 4.79 Å². The zero-order valence-corrected chi connectivity index (χ0v) is 35.6. The van der Waals surface area contributed by atoms with Crippen molar-refractivity contribution in [3.05, 3.63) is 120 Å². The molecule has 1 saturated carbocycles. The van der Waals surface area contributed by atoms with Crippen LogP contribution < -0.4 is 9.47 Å². The van der Waals surface area contributed by atoms with Gasteiger partial charge in [-0.05, 0) is 72.4 Å². The molecule has 0 bridgehead atoms. The minimum absolute atomic E-state index is 0.0637. The molecule has 6 atom stereocenters. The highest BCUT2D eigenvalue weighted by Gasteiger charge is 2.65. The zero-order valence-electron chi connectivity index (χ0n) is 35.6. The molecule has 1 amide bonds. The minimum Gasteiger partial charge on any atom is -0.492 e. The second-order valence-electron chi connectivity index (χ2n) is 16.5. The Morgan fingerprint density at radius 3 is 2.36 bits per heavy atom. The standard InChI is InChI=1S/C49H63N3O9/c1-3-27-59-49-45(51(2)48(55)58-30-29-56-34-36-14-6-4-7-15-36)33-43(50-60-35-37-16-8-5-9-17-37)41-31-38(18-10-12-25-53)40(19-11-13-26-54)46(47(41)49)42-32-39(20-21-44(42)61-49)57-28-24-52-22-23-52/h3-9,14-17,20-21,31-32,38,40,45-47,53-54H,1,10-13,18-19,22-30,33-35H2,2H3/t38-,40+,45-,46+,47+,49+/m0/s1. The van der Waals surface area contributed by atoms with E-state index in [0.717, 1.165) is 79.0 Å². The molecule has 1 saturated heterocycles. The molecule has 2 heterocycles. The summed E-state index contributed by atoms with van der Waals surface area (Å²) >= 11 is 0. The predicted molar refractivity (Wildman–Crippen MR) is 233 cm³/mol. The monoisotopic (exact) mass is 837 g/mol. The molecule has 2 fully saturated rings. The first-order chi connectivity index (χ1) is 30.0. The maximum Gasteiger partial charge on any atom is 0.410 e. The maximum absolute atomic E-state index is 14.2. The SMILES string of the molecule is C=CCO[C@@]12Oc3ccc(OCCN4CC4)cc3[C@H]3[C@H](CCCCO)[C@@H](CCCCO)C=C(C(=NOCc4ccccc4)C[C@@H]1N(C)C(=O)OCCOCc1ccccc1)[C@H]32. The molecular formula is C49H63N3O9. The first-order valence-corrected chi connectivity index (χ1v) is 22.1. The number of carbonyl (C=O) groups excluding carboxylic acids is 1. The van der Waals surface area contributed by atoms with Gasteiger partial charge in [0.15, 0.2) is 0 Å². The third-order valence-electron chi connectivity index (χ3n) is 12.4. The van der Waals surface area contributed by atoms with E-state index in [1.165, 1.54) is 0 Å². The third kappa shape index (κ3) is 11.0. The van der Waals surface area contributed by atoms with E-state index in [4.69, 9.17) is 33.7 Å².